The highest BCUT2D eigenvalue weighted by Gasteiger charge is 2.18. The van der Waals surface area contributed by atoms with Crippen molar-refractivity contribution in [3.8, 4) is 5.75 Å². The van der Waals surface area contributed by atoms with Crippen LogP contribution in [-0.2, 0) is 9.45 Å². The summed E-state index contributed by atoms with van der Waals surface area (Å²) in [5.41, 5.74) is 0. The molecule has 0 atom stereocenters. The van der Waals surface area contributed by atoms with Gasteiger partial charge >= 0.3 is 13.3 Å². The van der Waals surface area contributed by atoms with Gasteiger partial charge in [-0.05, 0) is 12.1 Å². The molecule has 1 aromatic carbocycles. The maximum absolute atomic E-state index is 10.1. The summed E-state index contributed by atoms with van der Waals surface area (Å²) in [7, 11) is -1.44. The Kier molecular flexibility index (Phi) is 4.66. The van der Waals surface area contributed by atoms with Crippen molar-refractivity contribution in [3.05, 3.63) is 30.3 Å². The summed E-state index contributed by atoms with van der Waals surface area (Å²) in [6.07, 6.45) is -0.171. The van der Waals surface area contributed by atoms with E-state index in [1.807, 2.05) is 6.07 Å². The molecule has 0 saturated heterocycles. The average Bonchev–Trinajstić information content (AvgIpc) is 2.18. The lowest BCUT2D eigenvalue weighted by Gasteiger charge is -2.08. The zero-order valence-electron chi connectivity index (χ0n) is 8.00. The van der Waals surface area contributed by atoms with Crippen molar-refractivity contribution in [1.29, 1.82) is 0 Å². The normalized spacial score (nSPS) is 9.67. The highest BCUT2D eigenvalue weighted by molar-refractivity contribution is 6.35. The number of benzene rings is 1. The molecular formula is C9H11BO5. The first-order valence-electron chi connectivity index (χ1n) is 4.41. The van der Waals surface area contributed by atoms with Gasteiger partial charge in [0.2, 0.25) is 0 Å². The lowest BCUT2D eigenvalue weighted by molar-refractivity contribution is -0.137. The van der Waals surface area contributed by atoms with Crippen LogP contribution in [0.15, 0.2) is 30.3 Å². The van der Waals surface area contributed by atoms with Gasteiger partial charge in [0, 0.05) is 6.61 Å². The Morgan fingerprint density at radius 1 is 1.33 bits per heavy atom. The fraction of sp³-hybridized carbons (Fsp3) is 0.222. The third-order valence-corrected chi connectivity index (χ3v) is 1.56. The van der Waals surface area contributed by atoms with Gasteiger partial charge in [-0.15, -0.1) is 0 Å². The molecule has 0 amide bonds. The summed E-state index contributed by atoms with van der Waals surface area (Å²) < 4.78 is 9.65. The molecule has 0 saturated carbocycles. The number of aliphatic carboxylic acids is 1. The van der Waals surface area contributed by atoms with E-state index in [0.717, 1.165) is 0 Å². The predicted molar refractivity (Wildman–Crippen MR) is 53.2 cm³/mol. The standard InChI is InChI=1S/C9H11BO5/c11-9(12)6-7-14-10(13)15-8-4-2-1-3-5-8/h1-5,13H,6-7H2,(H,11,12). The van der Waals surface area contributed by atoms with E-state index in [0.29, 0.717) is 5.75 Å². The number of carbonyl (C=O) groups is 1. The Morgan fingerprint density at radius 3 is 2.60 bits per heavy atom. The van der Waals surface area contributed by atoms with Crippen LogP contribution >= 0.6 is 0 Å². The van der Waals surface area contributed by atoms with E-state index < -0.39 is 13.3 Å². The van der Waals surface area contributed by atoms with Crippen LogP contribution in [0.2, 0.25) is 0 Å². The third-order valence-electron chi connectivity index (χ3n) is 1.56. The Morgan fingerprint density at radius 2 is 2.00 bits per heavy atom. The third kappa shape index (κ3) is 5.04. The van der Waals surface area contributed by atoms with E-state index >= 15 is 0 Å². The van der Waals surface area contributed by atoms with Crippen molar-refractivity contribution < 1.29 is 24.2 Å². The average molecular weight is 210 g/mol. The molecule has 1 rings (SSSR count). The predicted octanol–water partition coefficient (Wildman–Crippen LogP) is 0.534. The SMILES string of the molecule is O=C(O)CCOB(O)Oc1ccccc1. The van der Waals surface area contributed by atoms with Gasteiger partial charge in [0.05, 0.1) is 6.42 Å². The maximum atomic E-state index is 10.1. The minimum absolute atomic E-state index is 0.0939. The first-order chi connectivity index (χ1) is 7.18. The van der Waals surface area contributed by atoms with Crippen LogP contribution in [0.5, 0.6) is 5.75 Å². The van der Waals surface area contributed by atoms with Crippen LogP contribution < -0.4 is 4.65 Å². The number of para-hydroxylation sites is 1. The summed E-state index contributed by atoms with van der Waals surface area (Å²) in [5, 5.41) is 17.5. The molecule has 0 unspecified atom stereocenters. The van der Waals surface area contributed by atoms with E-state index in [2.05, 4.69) is 0 Å². The molecule has 0 radical (unpaired) electrons. The molecule has 0 aliphatic rings. The zero-order chi connectivity index (χ0) is 11.1. The number of carboxylic acids is 1. The van der Waals surface area contributed by atoms with Crippen LogP contribution in [0.1, 0.15) is 6.42 Å². The highest BCUT2D eigenvalue weighted by Crippen LogP contribution is 2.08. The molecule has 0 aliphatic carbocycles. The smallest absolute Gasteiger partial charge is 0.512 e. The topological polar surface area (TPSA) is 76.0 Å². The Labute approximate surface area is 87.4 Å². The highest BCUT2D eigenvalue weighted by atomic mass is 16.7. The summed E-state index contributed by atoms with van der Waals surface area (Å²) >= 11 is 0. The molecule has 1 aromatic rings. The first-order valence-corrected chi connectivity index (χ1v) is 4.41. The molecule has 0 heterocycles. The van der Waals surface area contributed by atoms with Crippen molar-refractivity contribution in [3.63, 3.8) is 0 Å². The van der Waals surface area contributed by atoms with Crippen molar-refractivity contribution in [2.24, 2.45) is 0 Å². The Bertz CT molecular complexity index is 303. The van der Waals surface area contributed by atoms with E-state index in [1.54, 1.807) is 24.3 Å². The molecule has 0 fully saturated rings. The van der Waals surface area contributed by atoms with Gasteiger partial charge in [-0.1, -0.05) is 18.2 Å². The van der Waals surface area contributed by atoms with Crippen LogP contribution in [-0.4, -0.2) is 30.0 Å². The van der Waals surface area contributed by atoms with Crippen molar-refractivity contribution in [2.45, 2.75) is 6.42 Å². The summed E-state index contributed by atoms with van der Waals surface area (Å²) in [5.74, 6) is -0.526. The van der Waals surface area contributed by atoms with Crippen LogP contribution in [0.25, 0.3) is 0 Å². The molecular weight excluding hydrogens is 199 g/mol. The van der Waals surface area contributed by atoms with Crippen molar-refractivity contribution in [1.82, 2.24) is 0 Å². The van der Waals surface area contributed by atoms with Crippen LogP contribution in [0.4, 0.5) is 0 Å². The van der Waals surface area contributed by atoms with Crippen molar-refractivity contribution in [2.75, 3.05) is 6.61 Å². The van der Waals surface area contributed by atoms with Crippen molar-refractivity contribution >= 4 is 13.3 Å². The minimum atomic E-state index is -1.44. The lowest BCUT2D eigenvalue weighted by atomic mass is 10.2. The zero-order valence-corrected chi connectivity index (χ0v) is 8.00. The molecule has 6 heteroatoms. The molecule has 0 aromatic heterocycles. The summed E-state index contributed by atoms with van der Waals surface area (Å²) in [4.78, 5) is 10.1. The van der Waals surface area contributed by atoms with Gasteiger partial charge in [0.25, 0.3) is 0 Å². The lowest BCUT2D eigenvalue weighted by Crippen LogP contribution is -2.27. The van der Waals surface area contributed by atoms with Gasteiger partial charge in [-0.2, -0.15) is 0 Å². The molecule has 2 N–H and O–H groups in total. The van der Waals surface area contributed by atoms with Crippen LogP contribution in [0, 0.1) is 0 Å². The van der Waals surface area contributed by atoms with Gasteiger partial charge < -0.3 is 19.4 Å². The van der Waals surface area contributed by atoms with Gasteiger partial charge in [0.1, 0.15) is 5.75 Å². The maximum Gasteiger partial charge on any atom is 0.710 e. The number of carboxylic acid groups (broad SMARTS) is 1. The monoisotopic (exact) mass is 210 g/mol. The number of rotatable bonds is 6. The minimum Gasteiger partial charge on any atom is -0.512 e. The largest absolute Gasteiger partial charge is 0.710 e. The van der Waals surface area contributed by atoms with Gasteiger partial charge in [0.15, 0.2) is 0 Å². The second kappa shape index (κ2) is 6.05. The fourth-order valence-electron chi connectivity index (χ4n) is 0.897. The van der Waals surface area contributed by atoms with Gasteiger partial charge in [-0.3, -0.25) is 4.79 Å². The second-order valence-electron chi connectivity index (χ2n) is 2.75. The van der Waals surface area contributed by atoms with Gasteiger partial charge in [-0.25, -0.2) is 0 Å². The Hall–Kier alpha value is -1.53. The van der Waals surface area contributed by atoms with E-state index in [9.17, 15) is 9.82 Å². The van der Waals surface area contributed by atoms with E-state index in [1.165, 1.54) is 0 Å². The molecule has 0 spiro atoms. The van der Waals surface area contributed by atoms with E-state index in [-0.39, 0.29) is 13.0 Å². The molecule has 5 nitrogen and oxygen atoms in total. The summed E-state index contributed by atoms with van der Waals surface area (Å²) in [6, 6.07) is 8.62. The fourth-order valence-corrected chi connectivity index (χ4v) is 0.897. The second-order valence-corrected chi connectivity index (χ2v) is 2.75. The number of hydrogen-bond donors (Lipinski definition) is 2. The molecule has 0 aliphatic heterocycles. The molecule has 80 valence electrons. The molecule has 0 bridgehead atoms. The molecule has 15 heavy (non-hydrogen) atoms. The summed E-state index contributed by atoms with van der Waals surface area (Å²) in [6.45, 7) is -0.0939. The Balaban J connectivity index is 2.24. The number of hydrogen-bond acceptors (Lipinski definition) is 4. The van der Waals surface area contributed by atoms with E-state index in [4.69, 9.17) is 14.4 Å². The van der Waals surface area contributed by atoms with Crippen LogP contribution in [0.3, 0.4) is 0 Å². The first kappa shape index (κ1) is 11.5. The quantitative estimate of drug-likeness (QED) is 0.669.